The summed E-state index contributed by atoms with van der Waals surface area (Å²) in [6, 6.07) is 3.87. The zero-order valence-electron chi connectivity index (χ0n) is 10.8. The van der Waals surface area contributed by atoms with Gasteiger partial charge in [0.25, 0.3) is 6.20 Å². The van der Waals surface area contributed by atoms with E-state index >= 15 is 0 Å². The maximum absolute atomic E-state index is 11.6. The molecule has 0 aromatic carbocycles. The van der Waals surface area contributed by atoms with Crippen LogP contribution in [0, 0.1) is 0 Å². The van der Waals surface area contributed by atoms with Gasteiger partial charge in [-0.1, -0.05) is 0 Å². The third-order valence-corrected chi connectivity index (χ3v) is 3.22. The van der Waals surface area contributed by atoms with Gasteiger partial charge in [-0.25, -0.2) is 4.99 Å². The molecule has 0 saturated heterocycles. The average Bonchev–Trinajstić information content (AvgIpc) is 3.00. The Bertz CT molecular complexity index is 534. The smallest absolute Gasteiger partial charge is 0.320 e. The minimum absolute atomic E-state index is 0.177. The molecule has 0 bridgehead atoms. The molecule has 102 valence electrons. The molecule has 0 amide bonds. The second-order valence-corrected chi connectivity index (χ2v) is 5.18. The van der Waals surface area contributed by atoms with Crippen molar-refractivity contribution in [3.05, 3.63) is 30.4 Å². The van der Waals surface area contributed by atoms with Crippen LogP contribution < -0.4 is 9.79 Å². The molecule has 0 spiro atoms. The fourth-order valence-electron chi connectivity index (χ4n) is 1.33. The summed E-state index contributed by atoms with van der Waals surface area (Å²) in [6.45, 7) is 3.93. The monoisotopic (exact) mass is 281 g/mol. The van der Waals surface area contributed by atoms with Gasteiger partial charge in [-0.15, -0.1) is 11.8 Å². The molecule has 2 aromatic heterocycles. The highest BCUT2D eigenvalue weighted by Gasteiger charge is 2.13. The Morgan fingerprint density at radius 1 is 1.58 bits per heavy atom. The van der Waals surface area contributed by atoms with E-state index in [9.17, 15) is 5.11 Å². The molecule has 0 unspecified atom stereocenters. The van der Waals surface area contributed by atoms with Gasteiger partial charge in [0.15, 0.2) is 6.04 Å². The highest BCUT2D eigenvalue weighted by molar-refractivity contribution is 7.99. The molecule has 0 atom stereocenters. The highest BCUT2D eigenvalue weighted by atomic mass is 32.2. The summed E-state index contributed by atoms with van der Waals surface area (Å²) in [6.07, 6.45) is 3.22. The lowest BCUT2D eigenvalue weighted by atomic mass is 10.4. The first-order valence-electron chi connectivity index (χ1n) is 5.88. The predicted octanol–water partition coefficient (Wildman–Crippen LogP) is 1.46. The second-order valence-electron chi connectivity index (χ2n) is 4.19. The fraction of sp³-hybridized carbons (Fsp3) is 0.417. The molecule has 0 N–H and O–H groups in total. The zero-order valence-corrected chi connectivity index (χ0v) is 11.6. The van der Waals surface area contributed by atoms with E-state index in [0.717, 1.165) is 5.76 Å². The molecule has 6 nitrogen and oxygen atoms in total. The average molecular weight is 281 g/mol. The van der Waals surface area contributed by atoms with E-state index < -0.39 is 0 Å². The summed E-state index contributed by atoms with van der Waals surface area (Å²) in [5, 5.41) is 15.4. The van der Waals surface area contributed by atoms with Crippen LogP contribution in [0.5, 0.6) is 0 Å². The number of rotatable bonds is 6. The number of aliphatic imine (C=N–C) groups is 1. The minimum Gasteiger partial charge on any atom is -0.861 e. The van der Waals surface area contributed by atoms with Gasteiger partial charge < -0.3 is 9.52 Å². The van der Waals surface area contributed by atoms with Crippen molar-refractivity contribution in [1.82, 2.24) is 5.27 Å². The minimum atomic E-state index is -0.247. The number of hydrogen-bond acceptors (Lipinski definition) is 6. The van der Waals surface area contributed by atoms with Gasteiger partial charge in [0, 0.05) is 5.75 Å². The van der Waals surface area contributed by atoms with E-state index in [2.05, 4.69) is 10.3 Å². The van der Waals surface area contributed by atoms with Crippen LogP contribution in [-0.2, 0) is 5.75 Å². The molecule has 2 heterocycles. The van der Waals surface area contributed by atoms with Crippen molar-refractivity contribution in [3.8, 4) is 0 Å². The lowest BCUT2D eigenvalue weighted by Crippen LogP contribution is -2.36. The molecular formula is C12H15N3O3S. The first kappa shape index (κ1) is 13.7. The largest absolute Gasteiger partial charge is 0.861 e. The SMILES string of the molecule is CC(C)[n+]1cc(/N=C(\[O-])CSCc2ccco2)on1. The topological polar surface area (TPSA) is 78.5 Å². The Labute approximate surface area is 115 Å². The lowest BCUT2D eigenvalue weighted by molar-refractivity contribution is -0.779. The van der Waals surface area contributed by atoms with E-state index in [4.69, 9.17) is 8.94 Å². The Hall–Kier alpha value is -1.76. The van der Waals surface area contributed by atoms with Crippen LogP contribution in [-0.4, -0.2) is 16.9 Å². The van der Waals surface area contributed by atoms with Crippen LogP contribution in [0.3, 0.4) is 0 Å². The van der Waals surface area contributed by atoms with E-state index in [-0.39, 0.29) is 23.6 Å². The van der Waals surface area contributed by atoms with Crippen molar-refractivity contribution in [2.75, 3.05) is 5.75 Å². The standard InChI is InChI=1S/C12H15N3O3S/c1-9(2)15-6-12(18-14-15)13-11(16)8-19-7-10-4-3-5-17-10/h3-6,9H,7-8H2,1-2H3. The highest BCUT2D eigenvalue weighted by Crippen LogP contribution is 2.13. The van der Waals surface area contributed by atoms with Gasteiger partial charge in [0.2, 0.25) is 5.27 Å². The summed E-state index contributed by atoms with van der Waals surface area (Å²) in [5.41, 5.74) is 0. The first-order chi connectivity index (χ1) is 9.15. The van der Waals surface area contributed by atoms with Crippen molar-refractivity contribution < 1.29 is 18.7 Å². The molecule has 0 radical (unpaired) electrons. The van der Waals surface area contributed by atoms with Crippen molar-refractivity contribution in [2.24, 2.45) is 4.99 Å². The van der Waals surface area contributed by atoms with Crippen molar-refractivity contribution in [2.45, 2.75) is 25.6 Å². The third-order valence-electron chi connectivity index (χ3n) is 2.29. The molecule has 0 aliphatic rings. The number of nitrogens with zero attached hydrogens (tertiary/aromatic N) is 3. The first-order valence-corrected chi connectivity index (χ1v) is 7.03. The van der Waals surface area contributed by atoms with E-state index in [0.29, 0.717) is 5.75 Å². The van der Waals surface area contributed by atoms with Crippen LogP contribution in [0.2, 0.25) is 0 Å². The number of aromatic nitrogens is 2. The van der Waals surface area contributed by atoms with Crippen LogP contribution in [0.25, 0.3) is 0 Å². The summed E-state index contributed by atoms with van der Waals surface area (Å²) >= 11 is 1.45. The number of thioether (sulfide) groups is 1. The molecule has 2 aromatic rings. The van der Waals surface area contributed by atoms with Crippen LogP contribution in [0.15, 0.2) is 38.5 Å². The normalized spacial score (nSPS) is 12.3. The second kappa shape index (κ2) is 6.42. The Morgan fingerprint density at radius 2 is 2.42 bits per heavy atom. The lowest BCUT2D eigenvalue weighted by Gasteiger charge is -2.06. The summed E-state index contributed by atoms with van der Waals surface area (Å²) in [4.78, 5) is 3.84. The molecule has 0 aliphatic carbocycles. The van der Waals surface area contributed by atoms with E-state index in [1.807, 2.05) is 26.0 Å². The maximum Gasteiger partial charge on any atom is 0.320 e. The van der Waals surface area contributed by atoms with Gasteiger partial charge >= 0.3 is 5.88 Å². The predicted molar refractivity (Wildman–Crippen MR) is 69.0 cm³/mol. The van der Waals surface area contributed by atoms with Crippen molar-refractivity contribution >= 4 is 23.5 Å². The van der Waals surface area contributed by atoms with E-state index in [1.54, 1.807) is 17.1 Å². The molecular weight excluding hydrogens is 266 g/mol. The molecule has 7 heteroatoms. The van der Waals surface area contributed by atoms with Gasteiger partial charge in [-0.3, -0.25) is 4.52 Å². The van der Waals surface area contributed by atoms with Crippen molar-refractivity contribution in [3.63, 3.8) is 0 Å². The van der Waals surface area contributed by atoms with E-state index in [1.165, 1.54) is 11.8 Å². The van der Waals surface area contributed by atoms with Crippen LogP contribution in [0.4, 0.5) is 5.88 Å². The van der Waals surface area contributed by atoms with Gasteiger partial charge in [-0.2, -0.15) is 0 Å². The molecule has 0 saturated carbocycles. The zero-order chi connectivity index (χ0) is 13.7. The Balaban J connectivity index is 1.84. The third kappa shape index (κ3) is 4.13. The van der Waals surface area contributed by atoms with Crippen molar-refractivity contribution in [1.29, 1.82) is 0 Å². The van der Waals surface area contributed by atoms with Crippen LogP contribution in [0.1, 0.15) is 25.6 Å². The van der Waals surface area contributed by atoms with Gasteiger partial charge in [0.1, 0.15) is 5.76 Å². The summed E-state index contributed by atoms with van der Waals surface area (Å²) < 4.78 is 11.7. The Morgan fingerprint density at radius 3 is 3.05 bits per heavy atom. The molecule has 19 heavy (non-hydrogen) atoms. The number of hydrogen-bond donors (Lipinski definition) is 0. The Kier molecular flexibility index (Phi) is 4.62. The molecule has 2 rings (SSSR count). The molecule has 0 fully saturated rings. The summed E-state index contributed by atoms with van der Waals surface area (Å²) in [5.74, 6) is 1.76. The van der Waals surface area contributed by atoms with Crippen LogP contribution >= 0.6 is 11.8 Å². The fourth-order valence-corrected chi connectivity index (χ4v) is 2.04. The van der Waals surface area contributed by atoms with Gasteiger partial charge in [-0.05, 0) is 36.6 Å². The number of furan rings is 1. The van der Waals surface area contributed by atoms with Gasteiger partial charge in [0.05, 0.1) is 12.0 Å². The summed E-state index contributed by atoms with van der Waals surface area (Å²) in [7, 11) is 0. The maximum atomic E-state index is 11.6. The quantitative estimate of drug-likeness (QED) is 0.455. The molecule has 0 aliphatic heterocycles.